The van der Waals surface area contributed by atoms with Crippen molar-refractivity contribution in [2.24, 2.45) is 5.92 Å². The van der Waals surface area contributed by atoms with Crippen LogP contribution in [0.4, 0.5) is 0 Å². The molecule has 1 saturated carbocycles. The highest BCUT2D eigenvalue weighted by atomic mass is 16.7. The molecule has 0 spiro atoms. The molecule has 4 heteroatoms. The van der Waals surface area contributed by atoms with Crippen LogP contribution in [-0.4, -0.2) is 18.7 Å². The van der Waals surface area contributed by atoms with E-state index in [2.05, 4.69) is 5.48 Å². The molecular formula is C12H19NO3. The van der Waals surface area contributed by atoms with Gasteiger partial charge < -0.3 is 4.74 Å². The van der Waals surface area contributed by atoms with Crippen LogP contribution in [0.2, 0.25) is 0 Å². The fraction of sp³-hybridized carbons (Fsp3) is 0.750. The SMILES string of the molecule is CCOC(=O)C1=CC(C2CCCCC2)ON1. The summed E-state index contributed by atoms with van der Waals surface area (Å²) in [6.45, 7) is 2.19. The molecule has 0 bridgehead atoms. The van der Waals surface area contributed by atoms with E-state index in [1.165, 1.54) is 32.1 Å². The molecule has 1 fully saturated rings. The monoisotopic (exact) mass is 225 g/mol. The highest BCUT2D eigenvalue weighted by Gasteiger charge is 2.29. The van der Waals surface area contributed by atoms with E-state index in [-0.39, 0.29) is 12.1 Å². The van der Waals surface area contributed by atoms with Gasteiger partial charge in [-0.1, -0.05) is 19.3 Å². The Labute approximate surface area is 95.9 Å². The van der Waals surface area contributed by atoms with Crippen LogP contribution in [0.5, 0.6) is 0 Å². The van der Waals surface area contributed by atoms with Gasteiger partial charge in [-0.3, -0.25) is 10.3 Å². The molecule has 1 atom stereocenters. The zero-order valence-corrected chi connectivity index (χ0v) is 9.70. The standard InChI is InChI=1S/C12H19NO3/c1-2-15-12(14)10-8-11(16-13-10)9-6-4-3-5-7-9/h8-9,11,13H,2-7H2,1H3. The Morgan fingerprint density at radius 2 is 2.25 bits per heavy atom. The van der Waals surface area contributed by atoms with E-state index in [0.717, 1.165) is 0 Å². The van der Waals surface area contributed by atoms with Crippen molar-refractivity contribution in [3.8, 4) is 0 Å². The molecule has 1 aliphatic carbocycles. The molecule has 1 unspecified atom stereocenters. The summed E-state index contributed by atoms with van der Waals surface area (Å²) in [4.78, 5) is 16.9. The fourth-order valence-electron chi connectivity index (χ4n) is 2.38. The van der Waals surface area contributed by atoms with Gasteiger partial charge in [0.15, 0.2) is 0 Å². The topological polar surface area (TPSA) is 47.6 Å². The van der Waals surface area contributed by atoms with Crippen molar-refractivity contribution in [1.82, 2.24) is 5.48 Å². The first-order valence-corrected chi connectivity index (χ1v) is 6.12. The summed E-state index contributed by atoms with van der Waals surface area (Å²) in [6, 6.07) is 0. The van der Waals surface area contributed by atoms with Crippen molar-refractivity contribution < 1.29 is 14.4 Å². The summed E-state index contributed by atoms with van der Waals surface area (Å²) >= 11 is 0. The van der Waals surface area contributed by atoms with Crippen molar-refractivity contribution in [1.29, 1.82) is 0 Å². The van der Waals surface area contributed by atoms with Crippen LogP contribution >= 0.6 is 0 Å². The van der Waals surface area contributed by atoms with Crippen molar-refractivity contribution in [2.75, 3.05) is 6.61 Å². The minimum absolute atomic E-state index is 0.0414. The third-order valence-corrected chi connectivity index (χ3v) is 3.25. The molecule has 2 rings (SSSR count). The number of hydroxylamine groups is 1. The predicted molar refractivity (Wildman–Crippen MR) is 59.3 cm³/mol. The van der Waals surface area contributed by atoms with Gasteiger partial charge in [-0.25, -0.2) is 4.79 Å². The summed E-state index contributed by atoms with van der Waals surface area (Å²) in [6.07, 6.45) is 8.16. The molecule has 2 aliphatic rings. The Bertz CT molecular complexity index is 282. The number of hydrogen-bond acceptors (Lipinski definition) is 4. The van der Waals surface area contributed by atoms with E-state index in [9.17, 15) is 4.79 Å². The lowest BCUT2D eigenvalue weighted by molar-refractivity contribution is -0.140. The zero-order valence-electron chi connectivity index (χ0n) is 9.70. The quantitative estimate of drug-likeness (QED) is 0.745. The molecule has 1 N–H and O–H groups in total. The van der Waals surface area contributed by atoms with E-state index in [4.69, 9.17) is 9.57 Å². The largest absolute Gasteiger partial charge is 0.461 e. The summed E-state index contributed by atoms with van der Waals surface area (Å²) < 4.78 is 4.91. The molecule has 1 heterocycles. The van der Waals surface area contributed by atoms with Crippen LogP contribution in [0.15, 0.2) is 11.8 Å². The van der Waals surface area contributed by atoms with Gasteiger partial charge in [-0.2, -0.15) is 0 Å². The number of ether oxygens (including phenoxy) is 1. The van der Waals surface area contributed by atoms with Gasteiger partial charge in [0.1, 0.15) is 11.8 Å². The highest BCUT2D eigenvalue weighted by molar-refractivity contribution is 5.87. The number of rotatable bonds is 3. The van der Waals surface area contributed by atoms with Crippen LogP contribution in [0, 0.1) is 5.92 Å². The Kier molecular flexibility index (Phi) is 3.83. The van der Waals surface area contributed by atoms with Gasteiger partial charge in [0.05, 0.1) is 6.61 Å². The van der Waals surface area contributed by atoms with E-state index < -0.39 is 0 Å². The molecule has 0 amide bonds. The van der Waals surface area contributed by atoms with Crippen LogP contribution in [-0.2, 0) is 14.4 Å². The second kappa shape index (κ2) is 5.34. The van der Waals surface area contributed by atoms with Crippen LogP contribution in [0.25, 0.3) is 0 Å². The predicted octanol–water partition coefficient (Wildman–Crippen LogP) is 1.92. The van der Waals surface area contributed by atoms with Crippen molar-refractivity contribution in [3.63, 3.8) is 0 Å². The average molecular weight is 225 g/mol. The molecule has 0 aromatic carbocycles. The first-order valence-electron chi connectivity index (χ1n) is 6.12. The van der Waals surface area contributed by atoms with Crippen LogP contribution in [0.1, 0.15) is 39.0 Å². The Morgan fingerprint density at radius 1 is 1.50 bits per heavy atom. The first kappa shape index (κ1) is 11.5. The lowest BCUT2D eigenvalue weighted by atomic mass is 9.85. The molecule has 90 valence electrons. The third-order valence-electron chi connectivity index (χ3n) is 3.25. The lowest BCUT2D eigenvalue weighted by Crippen LogP contribution is -2.24. The fourth-order valence-corrected chi connectivity index (χ4v) is 2.38. The van der Waals surface area contributed by atoms with E-state index >= 15 is 0 Å². The number of carbonyl (C=O) groups is 1. The normalized spacial score (nSPS) is 26.1. The summed E-state index contributed by atoms with van der Waals surface area (Å²) in [5.74, 6) is 0.231. The van der Waals surface area contributed by atoms with Gasteiger partial charge >= 0.3 is 5.97 Å². The summed E-state index contributed by atoms with van der Waals surface area (Å²) in [7, 11) is 0. The van der Waals surface area contributed by atoms with Gasteiger partial charge in [0.2, 0.25) is 0 Å². The van der Waals surface area contributed by atoms with Crippen LogP contribution in [0.3, 0.4) is 0 Å². The van der Waals surface area contributed by atoms with Gasteiger partial charge in [-0.15, -0.1) is 0 Å². The smallest absolute Gasteiger partial charge is 0.356 e. The molecular weight excluding hydrogens is 206 g/mol. The summed E-state index contributed by atoms with van der Waals surface area (Å²) in [5, 5.41) is 0. The average Bonchev–Trinajstić information content (AvgIpc) is 2.80. The maximum absolute atomic E-state index is 11.4. The van der Waals surface area contributed by atoms with E-state index in [1.54, 1.807) is 6.92 Å². The summed E-state index contributed by atoms with van der Waals surface area (Å²) in [5.41, 5.74) is 3.13. The zero-order chi connectivity index (χ0) is 11.4. The van der Waals surface area contributed by atoms with Crippen LogP contribution < -0.4 is 5.48 Å². The van der Waals surface area contributed by atoms with Crippen molar-refractivity contribution in [3.05, 3.63) is 11.8 Å². The van der Waals surface area contributed by atoms with Gasteiger partial charge in [0, 0.05) is 0 Å². The van der Waals surface area contributed by atoms with Gasteiger partial charge in [0.25, 0.3) is 0 Å². The van der Waals surface area contributed by atoms with Crippen molar-refractivity contribution in [2.45, 2.75) is 45.1 Å². The Morgan fingerprint density at radius 3 is 2.94 bits per heavy atom. The minimum atomic E-state index is -0.319. The molecule has 1 aliphatic heterocycles. The number of nitrogens with one attached hydrogen (secondary N) is 1. The number of esters is 1. The Balaban J connectivity index is 1.91. The maximum atomic E-state index is 11.4. The highest BCUT2D eigenvalue weighted by Crippen LogP contribution is 2.30. The molecule has 4 nitrogen and oxygen atoms in total. The number of carbonyl (C=O) groups excluding carboxylic acids is 1. The maximum Gasteiger partial charge on any atom is 0.356 e. The van der Waals surface area contributed by atoms with E-state index in [0.29, 0.717) is 18.2 Å². The molecule has 16 heavy (non-hydrogen) atoms. The molecule has 0 radical (unpaired) electrons. The molecule has 0 aromatic rings. The van der Waals surface area contributed by atoms with E-state index in [1.807, 2.05) is 6.08 Å². The van der Waals surface area contributed by atoms with Gasteiger partial charge in [-0.05, 0) is 31.8 Å². The second-order valence-electron chi connectivity index (χ2n) is 4.38. The first-order chi connectivity index (χ1) is 7.81. The molecule has 0 saturated heterocycles. The molecule has 0 aromatic heterocycles. The minimum Gasteiger partial charge on any atom is -0.461 e. The second-order valence-corrected chi connectivity index (χ2v) is 4.38. The Hall–Kier alpha value is -1.03. The third kappa shape index (κ3) is 2.55. The van der Waals surface area contributed by atoms with Crippen molar-refractivity contribution >= 4 is 5.97 Å². The number of hydrogen-bond donors (Lipinski definition) is 1. The lowest BCUT2D eigenvalue weighted by Gasteiger charge is -2.24.